The third-order valence-corrected chi connectivity index (χ3v) is 3.48. The highest BCUT2D eigenvalue weighted by molar-refractivity contribution is 6.19. The summed E-state index contributed by atoms with van der Waals surface area (Å²) >= 11 is 0. The predicted octanol–water partition coefficient (Wildman–Crippen LogP) is 1.55. The Hall–Kier alpha value is -2.96. The van der Waals surface area contributed by atoms with Crippen LogP contribution in [0, 0.1) is 0 Å². The predicted molar refractivity (Wildman–Crippen MR) is 81.2 cm³/mol. The van der Waals surface area contributed by atoms with Gasteiger partial charge < -0.3 is 4.74 Å². The molecule has 3 amide bonds. The Morgan fingerprint density at radius 1 is 1.30 bits per heavy atom. The first-order valence-electron chi connectivity index (χ1n) is 7.30. The molecule has 7 heteroatoms. The van der Waals surface area contributed by atoms with Gasteiger partial charge in [0.15, 0.2) is 0 Å². The van der Waals surface area contributed by atoms with Crippen LogP contribution < -0.4 is 5.32 Å². The molecule has 0 spiro atoms. The van der Waals surface area contributed by atoms with Crippen molar-refractivity contribution in [2.24, 2.45) is 5.10 Å². The fourth-order valence-electron chi connectivity index (χ4n) is 2.42. The second kappa shape index (κ2) is 6.04. The number of hydrazone groups is 1. The van der Waals surface area contributed by atoms with Crippen LogP contribution in [0.4, 0.5) is 4.79 Å². The van der Waals surface area contributed by atoms with Crippen molar-refractivity contribution in [3.63, 3.8) is 0 Å². The minimum atomic E-state index is -0.668. The molecule has 0 unspecified atom stereocenters. The van der Waals surface area contributed by atoms with Crippen LogP contribution in [0.5, 0.6) is 0 Å². The molecular weight excluding hydrogens is 298 g/mol. The number of esters is 1. The van der Waals surface area contributed by atoms with E-state index in [9.17, 15) is 14.4 Å². The van der Waals surface area contributed by atoms with Crippen LogP contribution in [0.3, 0.4) is 0 Å². The maximum Gasteiger partial charge on any atom is 0.349 e. The van der Waals surface area contributed by atoms with Crippen LogP contribution in [0.1, 0.15) is 25.3 Å². The van der Waals surface area contributed by atoms with Crippen LogP contribution in [0.15, 0.2) is 46.7 Å². The summed E-state index contributed by atoms with van der Waals surface area (Å²) in [5.41, 5.74) is 1.41. The van der Waals surface area contributed by atoms with Crippen molar-refractivity contribution in [3.8, 4) is 0 Å². The molecule has 3 rings (SSSR count). The van der Waals surface area contributed by atoms with E-state index in [1.807, 2.05) is 37.3 Å². The number of imide groups is 1. The maximum atomic E-state index is 12.3. The summed E-state index contributed by atoms with van der Waals surface area (Å²) in [6.07, 6.45) is 0.807. The van der Waals surface area contributed by atoms with Gasteiger partial charge in [-0.3, -0.25) is 10.1 Å². The number of rotatable bonds is 4. The molecule has 0 bridgehead atoms. The zero-order valence-corrected chi connectivity index (χ0v) is 12.5. The molecular formula is C16H15N3O4. The van der Waals surface area contributed by atoms with Gasteiger partial charge in [0.2, 0.25) is 0 Å². The Balaban J connectivity index is 2.00. The smallest absolute Gasteiger partial charge is 0.349 e. The van der Waals surface area contributed by atoms with E-state index in [4.69, 9.17) is 4.74 Å². The van der Waals surface area contributed by atoms with E-state index in [-0.39, 0.29) is 24.3 Å². The maximum absolute atomic E-state index is 12.3. The number of carbonyl (C=O) groups is 3. The van der Waals surface area contributed by atoms with Gasteiger partial charge in [-0.2, -0.15) is 10.1 Å². The van der Waals surface area contributed by atoms with Gasteiger partial charge in [-0.05, 0) is 12.0 Å². The highest BCUT2D eigenvalue weighted by Gasteiger charge is 2.41. The van der Waals surface area contributed by atoms with Gasteiger partial charge in [0.1, 0.15) is 5.70 Å². The molecule has 2 heterocycles. The topological polar surface area (TPSA) is 88.1 Å². The zero-order chi connectivity index (χ0) is 16.4. The lowest BCUT2D eigenvalue weighted by molar-refractivity contribution is -0.139. The van der Waals surface area contributed by atoms with Gasteiger partial charge in [-0.1, -0.05) is 37.3 Å². The number of benzene rings is 1. The van der Waals surface area contributed by atoms with E-state index in [0.717, 1.165) is 10.6 Å². The van der Waals surface area contributed by atoms with Gasteiger partial charge in [0.25, 0.3) is 5.91 Å². The minimum absolute atomic E-state index is 0.0456. The lowest BCUT2D eigenvalue weighted by atomic mass is 9.99. The number of carbonyl (C=O) groups excluding carboxylic acids is 3. The van der Waals surface area contributed by atoms with Crippen LogP contribution >= 0.6 is 0 Å². The molecule has 0 saturated carbocycles. The molecule has 0 atom stereocenters. The number of hydrogen-bond acceptors (Lipinski definition) is 5. The fraction of sp³-hybridized carbons (Fsp3) is 0.250. The molecule has 23 heavy (non-hydrogen) atoms. The first-order valence-corrected chi connectivity index (χ1v) is 7.30. The van der Waals surface area contributed by atoms with E-state index in [1.54, 1.807) is 0 Å². The SMILES string of the molecule is CCCOC(=O)C1=C2C(=O)NC(=O)N2N=C(c2ccccc2)C1. The zero-order valence-electron chi connectivity index (χ0n) is 12.5. The van der Waals surface area contributed by atoms with Crippen molar-refractivity contribution < 1.29 is 19.1 Å². The number of amides is 3. The fourth-order valence-corrected chi connectivity index (χ4v) is 2.42. The van der Waals surface area contributed by atoms with E-state index in [2.05, 4.69) is 10.4 Å². The van der Waals surface area contributed by atoms with Crippen molar-refractivity contribution in [1.29, 1.82) is 0 Å². The standard InChI is InChI=1S/C16H15N3O4/c1-2-8-23-15(21)11-9-12(10-6-4-3-5-7-10)18-19-13(11)14(20)17-16(19)22/h3-7H,2,8-9H2,1H3,(H,17,20,22). The number of fused-ring (bicyclic) bond motifs is 1. The summed E-state index contributed by atoms with van der Waals surface area (Å²) in [5, 5.41) is 7.30. The Morgan fingerprint density at radius 3 is 2.74 bits per heavy atom. The molecule has 2 aliphatic heterocycles. The van der Waals surface area contributed by atoms with Gasteiger partial charge in [-0.25, -0.2) is 9.59 Å². The van der Waals surface area contributed by atoms with E-state index in [0.29, 0.717) is 12.1 Å². The lowest BCUT2D eigenvalue weighted by Gasteiger charge is -2.21. The first kappa shape index (κ1) is 15.0. The quantitative estimate of drug-likeness (QED) is 0.675. The third-order valence-electron chi connectivity index (χ3n) is 3.48. The average molecular weight is 313 g/mol. The normalized spacial score (nSPS) is 16.9. The minimum Gasteiger partial charge on any atom is -0.462 e. The van der Waals surface area contributed by atoms with Gasteiger partial charge >= 0.3 is 12.0 Å². The first-order chi connectivity index (χ1) is 11.1. The van der Waals surface area contributed by atoms with Gasteiger partial charge in [0, 0.05) is 6.42 Å². The lowest BCUT2D eigenvalue weighted by Crippen LogP contribution is -2.29. The van der Waals surface area contributed by atoms with Crippen LogP contribution in [0.25, 0.3) is 0 Å². The monoisotopic (exact) mass is 313 g/mol. The number of hydrogen-bond donors (Lipinski definition) is 1. The third kappa shape index (κ3) is 2.73. The second-order valence-corrected chi connectivity index (χ2v) is 5.12. The molecule has 7 nitrogen and oxygen atoms in total. The second-order valence-electron chi connectivity index (χ2n) is 5.12. The summed E-state index contributed by atoms with van der Waals surface area (Å²) in [4.78, 5) is 36.1. The van der Waals surface area contributed by atoms with E-state index in [1.165, 1.54) is 0 Å². The number of nitrogens with one attached hydrogen (secondary N) is 1. The highest BCUT2D eigenvalue weighted by Crippen LogP contribution is 2.28. The Morgan fingerprint density at radius 2 is 2.04 bits per heavy atom. The van der Waals surface area contributed by atoms with Crippen molar-refractivity contribution in [1.82, 2.24) is 10.3 Å². The molecule has 118 valence electrons. The Kier molecular flexibility index (Phi) is 3.92. The molecule has 0 radical (unpaired) electrons. The Labute approximate surface area is 132 Å². The summed E-state index contributed by atoms with van der Waals surface area (Å²) in [6.45, 7) is 2.13. The van der Waals surface area contributed by atoms with Crippen LogP contribution in [0.2, 0.25) is 0 Å². The van der Waals surface area contributed by atoms with Crippen LogP contribution in [-0.4, -0.2) is 35.2 Å². The molecule has 1 fully saturated rings. The van der Waals surface area contributed by atoms with Crippen LogP contribution in [-0.2, 0) is 14.3 Å². The molecule has 2 aliphatic rings. The molecule has 0 aromatic heterocycles. The summed E-state index contributed by atoms with van der Waals surface area (Å²) in [7, 11) is 0. The largest absolute Gasteiger partial charge is 0.462 e. The highest BCUT2D eigenvalue weighted by atomic mass is 16.5. The number of urea groups is 1. The van der Waals surface area contributed by atoms with Crippen molar-refractivity contribution >= 4 is 23.6 Å². The molecule has 1 aromatic carbocycles. The molecule has 1 saturated heterocycles. The summed E-state index contributed by atoms with van der Waals surface area (Å²) < 4.78 is 5.14. The molecule has 1 aromatic rings. The van der Waals surface area contributed by atoms with Crippen molar-refractivity contribution in [2.75, 3.05) is 6.61 Å². The van der Waals surface area contributed by atoms with Gasteiger partial charge in [-0.15, -0.1) is 0 Å². The molecule has 0 aliphatic carbocycles. The van der Waals surface area contributed by atoms with Crippen molar-refractivity contribution in [3.05, 3.63) is 47.2 Å². The average Bonchev–Trinajstić information content (AvgIpc) is 2.87. The van der Waals surface area contributed by atoms with Crippen molar-refractivity contribution in [2.45, 2.75) is 19.8 Å². The summed E-state index contributed by atoms with van der Waals surface area (Å²) in [6, 6.07) is 8.52. The van der Waals surface area contributed by atoms with E-state index >= 15 is 0 Å². The van der Waals surface area contributed by atoms with E-state index < -0.39 is 17.9 Å². The summed E-state index contributed by atoms with van der Waals surface area (Å²) in [5.74, 6) is -1.23. The molecule has 1 N–H and O–H groups in total. The Bertz CT molecular complexity index is 737. The number of ether oxygens (including phenoxy) is 1. The van der Waals surface area contributed by atoms with Gasteiger partial charge in [0.05, 0.1) is 17.9 Å². The number of nitrogens with zero attached hydrogens (tertiary/aromatic N) is 2.